The number of hydrogen-bond acceptors (Lipinski definition) is 5. The zero-order valence-electron chi connectivity index (χ0n) is 19.1. The molecule has 0 aromatic heterocycles. The Morgan fingerprint density at radius 2 is 1.77 bits per heavy atom. The van der Waals surface area contributed by atoms with Crippen LogP contribution in [0.5, 0.6) is 5.75 Å². The molecule has 1 amide bonds. The molecule has 0 unspecified atom stereocenters. The first kappa shape index (κ1) is 26.8. The standard InChI is InChI=1S/C25H26ClFN2O4S2/c1-2-33-20-11-13-21(14-12-20)35(31,32)29(19-7-4-3-5-8-19)17-25(30)28-15-16-34-18-22-23(26)9-6-10-24(22)27/h3-14H,2,15-18H2,1H3,(H,28,30). The number of para-hydroxylation sites is 1. The van der Waals surface area contributed by atoms with Crippen LogP contribution in [0.25, 0.3) is 0 Å². The van der Waals surface area contributed by atoms with E-state index in [2.05, 4.69) is 5.32 Å². The van der Waals surface area contributed by atoms with Crippen molar-refractivity contribution < 1.29 is 22.3 Å². The van der Waals surface area contributed by atoms with Gasteiger partial charge in [0.05, 0.1) is 17.2 Å². The largest absolute Gasteiger partial charge is 0.494 e. The van der Waals surface area contributed by atoms with Crippen LogP contribution in [0.4, 0.5) is 10.1 Å². The fourth-order valence-corrected chi connectivity index (χ4v) is 5.82. The second-order valence-electron chi connectivity index (χ2n) is 7.35. The molecule has 10 heteroatoms. The fraction of sp³-hybridized carbons (Fsp3) is 0.240. The molecule has 3 aromatic carbocycles. The van der Waals surface area contributed by atoms with Crippen LogP contribution in [0.2, 0.25) is 5.02 Å². The zero-order chi connectivity index (χ0) is 25.3. The molecular formula is C25H26ClFN2O4S2. The van der Waals surface area contributed by atoms with E-state index in [4.69, 9.17) is 16.3 Å². The van der Waals surface area contributed by atoms with E-state index in [0.717, 1.165) is 4.31 Å². The maximum atomic E-state index is 13.9. The number of thioether (sulfide) groups is 1. The number of halogens is 2. The minimum atomic E-state index is -4.01. The van der Waals surface area contributed by atoms with E-state index < -0.39 is 15.9 Å². The highest BCUT2D eigenvalue weighted by Gasteiger charge is 2.27. The Labute approximate surface area is 214 Å². The molecule has 0 aliphatic carbocycles. The molecule has 0 atom stereocenters. The Kier molecular flexibility index (Phi) is 9.83. The van der Waals surface area contributed by atoms with E-state index in [1.54, 1.807) is 54.6 Å². The Balaban J connectivity index is 1.63. The summed E-state index contributed by atoms with van der Waals surface area (Å²) >= 11 is 7.45. The number of rotatable bonds is 12. The molecule has 3 aromatic rings. The number of hydrogen-bond donors (Lipinski definition) is 1. The first-order chi connectivity index (χ1) is 16.8. The molecule has 0 radical (unpaired) electrons. The van der Waals surface area contributed by atoms with Crippen LogP contribution in [-0.4, -0.2) is 39.8 Å². The molecule has 0 bridgehead atoms. The van der Waals surface area contributed by atoms with Crippen molar-refractivity contribution in [2.75, 3.05) is 29.8 Å². The Morgan fingerprint density at radius 1 is 1.06 bits per heavy atom. The average molecular weight is 537 g/mol. The van der Waals surface area contributed by atoms with Crippen LogP contribution in [0.15, 0.2) is 77.7 Å². The number of nitrogens with zero attached hydrogens (tertiary/aromatic N) is 1. The Bertz CT molecular complexity index is 1210. The molecule has 0 saturated carbocycles. The van der Waals surface area contributed by atoms with Gasteiger partial charge in [0, 0.05) is 28.6 Å². The van der Waals surface area contributed by atoms with Gasteiger partial charge in [-0.1, -0.05) is 35.9 Å². The summed E-state index contributed by atoms with van der Waals surface area (Å²) in [6.07, 6.45) is 0. The number of ether oxygens (including phenoxy) is 1. The average Bonchev–Trinajstić information content (AvgIpc) is 2.85. The minimum Gasteiger partial charge on any atom is -0.494 e. The third kappa shape index (κ3) is 7.37. The van der Waals surface area contributed by atoms with E-state index in [0.29, 0.717) is 46.7 Å². The highest BCUT2D eigenvalue weighted by molar-refractivity contribution is 7.98. The number of nitrogens with one attached hydrogen (secondary N) is 1. The number of anilines is 1. The number of amides is 1. The third-order valence-electron chi connectivity index (χ3n) is 4.93. The van der Waals surface area contributed by atoms with Gasteiger partial charge < -0.3 is 10.1 Å². The van der Waals surface area contributed by atoms with Gasteiger partial charge >= 0.3 is 0 Å². The van der Waals surface area contributed by atoms with Crippen molar-refractivity contribution in [3.05, 3.63) is 89.2 Å². The summed E-state index contributed by atoms with van der Waals surface area (Å²) < 4.78 is 47.1. The highest BCUT2D eigenvalue weighted by Crippen LogP contribution is 2.25. The highest BCUT2D eigenvalue weighted by atomic mass is 35.5. The number of sulfonamides is 1. The number of carbonyl (C=O) groups excluding carboxylic acids is 1. The van der Waals surface area contributed by atoms with Gasteiger partial charge in [0.1, 0.15) is 18.1 Å². The molecule has 1 N–H and O–H groups in total. The molecule has 35 heavy (non-hydrogen) atoms. The summed E-state index contributed by atoms with van der Waals surface area (Å²) in [5.41, 5.74) is 0.794. The van der Waals surface area contributed by atoms with E-state index in [1.165, 1.54) is 30.0 Å². The lowest BCUT2D eigenvalue weighted by atomic mass is 10.2. The molecule has 0 aliphatic rings. The zero-order valence-corrected chi connectivity index (χ0v) is 21.5. The second kappa shape index (κ2) is 12.8. The molecule has 6 nitrogen and oxygen atoms in total. The van der Waals surface area contributed by atoms with Crippen molar-refractivity contribution in [2.24, 2.45) is 0 Å². The van der Waals surface area contributed by atoms with Crippen LogP contribution in [-0.2, 0) is 20.6 Å². The lowest BCUT2D eigenvalue weighted by Gasteiger charge is -2.24. The van der Waals surface area contributed by atoms with Crippen molar-refractivity contribution in [1.82, 2.24) is 5.32 Å². The molecule has 186 valence electrons. The minimum absolute atomic E-state index is 0.0509. The van der Waals surface area contributed by atoms with E-state index in [9.17, 15) is 17.6 Å². The molecule has 0 heterocycles. The van der Waals surface area contributed by atoms with Crippen LogP contribution in [0, 0.1) is 5.82 Å². The quantitative estimate of drug-likeness (QED) is 0.325. The van der Waals surface area contributed by atoms with Crippen molar-refractivity contribution in [2.45, 2.75) is 17.6 Å². The Morgan fingerprint density at radius 3 is 2.43 bits per heavy atom. The first-order valence-electron chi connectivity index (χ1n) is 10.9. The topological polar surface area (TPSA) is 75.7 Å². The maximum absolute atomic E-state index is 13.9. The smallest absolute Gasteiger partial charge is 0.264 e. The Hall–Kier alpha value is -2.75. The van der Waals surface area contributed by atoms with Gasteiger partial charge in [0.15, 0.2) is 0 Å². The number of benzene rings is 3. The first-order valence-corrected chi connectivity index (χ1v) is 13.9. The van der Waals surface area contributed by atoms with Gasteiger partial charge in [-0.25, -0.2) is 12.8 Å². The number of carbonyl (C=O) groups is 1. The molecule has 0 spiro atoms. The van der Waals surface area contributed by atoms with Crippen LogP contribution >= 0.6 is 23.4 Å². The molecule has 0 fully saturated rings. The lowest BCUT2D eigenvalue weighted by Crippen LogP contribution is -2.41. The molecular weight excluding hydrogens is 511 g/mol. The maximum Gasteiger partial charge on any atom is 0.264 e. The van der Waals surface area contributed by atoms with Crippen molar-refractivity contribution >= 4 is 45.0 Å². The third-order valence-corrected chi connectivity index (χ3v) is 8.06. The van der Waals surface area contributed by atoms with Gasteiger partial charge in [0.2, 0.25) is 5.91 Å². The monoisotopic (exact) mass is 536 g/mol. The van der Waals surface area contributed by atoms with Crippen molar-refractivity contribution in [3.8, 4) is 5.75 Å². The van der Waals surface area contributed by atoms with E-state index in [1.807, 2.05) is 6.92 Å². The molecule has 0 saturated heterocycles. The predicted octanol–water partition coefficient (Wildman–Crippen LogP) is 5.12. The van der Waals surface area contributed by atoms with Gasteiger partial charge in [-0.3, -0.25) is 9.10 Å². The SMILES string of the molecule is CCOc1ccc(S(=O)(=O)N(CC(=O)NCCSCc2c(F)cccc2Cl)c2ccccc2)cc1. The van der Waals surface area contributed by atoms with Gasteiger partial charge in [-0.15, -0.1) is 0 Å². The van der Waals surface area contributed by atoms with Crippen LogP contribution < -0.4 is 14.4 Å². The predicted molar refractivity (Wildman–Crippen MR) is 139 cm³/mol. The van der Waals surface area contributed by atoms with Gasteiger partial charge in [0.25, 0.3) is 10.0 Å². The van der Waals surface area contributed by atoms with Crippen LogP contribution in [0.3, 0.4) is 0 Å². The van der Waals surface area contributed by atoms with E-state index >= 15 is 0 Å². The summed E-state index contributed by atoms with van der Waals surface area (Å²) in [4.78, 5) is 12.7. The van der Waals surface area contributed by atoms with E-state index in [-0.39, 0.29) is 17.3 Å². The summed E-state index contributed by atoms with van der Waals surface area (Å²) in [5.74, 6) is 0.612. The van der Waals surface area contributed by atoms with Crippen LogP contribution in [0.1, 0.15) is 12.5 Å². The van der Waals surface area contributed by atoms with Crippen molar-refractivity contribution in [3.63, 3.8) is 0 Å². The van der Waals surface area contributed by atoms with Gasteiger partial charge in [-0.05, 0) is 55.5 Å². The van der Waals surface area contributed by atoms with Gasteiger partial charge in [-0.2, -0.15) is 11.8 Å². The second-order valence-corrected chi connectivity index (χ2v) is 10.7. The van der Waals surface area contributed by atoms with Crippen molar-refractivity contribution in [1.29, 1.82) is 0 Å². The summed E-state index contributed by atoms with van der Waals surface area (Å²) in [7, 11) is -4.01. The molecule has 3 rings (SSSR count). The normalized spacial score (nSPS) is 11.2. The lowest BCUT2D eigenvalue weighted by molar-refractivity contribution is -0.119. The summed E-state index contributed by atoms with van der Waals surface area (Å²) in [6, 6.07) is 19.1. The summed E-state index contributed by atoms with van der Waals surface area (Å²) in [5, 5.41) is 3.10. The summed E-state index contributed by atoms with van der Waals surface area (Å²) in [6.45, 7) is 2.21. The fourth-order valence-electron chi connectivity index (χ4n) is 3.20. The molecule has 0 aliphatic heterocycles.